The van der Waals surface area contributed by atoms with Gasteiger partial charge in [0.15, 0.2) is 4.34 Å². The summed E-state index contributed by atoms with van der Waals surface area (Å²) in [6, 6.07) is 7.00. The molecule has 0 saturated heterocycles. The Hall–Kier alpha value is -1.84. The fourth-order valence-electron chi connectivity index (χ4n) is 1.74. The molecule has 0 bridgehead atoms. The number of carbonyl (C=O) groups is 1. The number of aliphatic hydroxyl groups excluding tert-OH is 1. The molecule has 1 unspecified atom stereocenters. The fraction of sp³-hybridized carbons (Fsp3) is 0.400. The molecule has 1 atom stereocenters. The monoisotopic (exact) mass is 368 g/mol. The Morgan fingerprint density at radius 1 is 1.38 bits per heavy atom. The minimum atomic E-state index is -0.614. The van der Waals surface area contributed by atoms with Gasteiger partial charge in [-0.05, 0) is 31.2 Å². The topological polar surface area (TPSA) is 96.4 Å². The minimum Gasteiger partial charge on any atom is -0.491 e. The zero-order valence-corrected chi connectivity index (χ0v) is 15.1. The van der Waals surface area contributed by atoms with Crippen molar-refractivity contribution < 1.29 is 14.6 Å². The predicted molar refractivity (Wildman–Crippen MR) is 97.0 cm³/mol. The maximum Gasteiger partial charge on any atom is 0.221 e. The van der Waals surface area contributed by atoms with Gasteiger partial charge in [-0.25, -0.2) is 0 Å². The van der Waals surface area contributed by atoms with E-state index in [1.807, 2.05) is 6.92 Å². The van der Waals surface area contributed by atoms with Crippen LogP contribution in [0.5, 0.6) is 5.75 Å². The van der Waals surface area contributed by atoms with Gasteiger partial charge in [-0.2, -0.15) is 0 Å². The van der Waals surface area contributed by atoms with Crippen molar-refractivity contribution in [1.29, 1.82) is 0 Å². The molecule has 0 aliphatic rings. The summed E-state index contributed by atoms with van der Waals surface area (Å²) < 4.78 is 6.35. The number of amides is 1. The normalized spacial score (nSPS) is 11.8. The van der Waals surface area contributed by atoms with Crippen molar-refractivity contribution in [3.63, 3.8) is 0 Å². The summed E-state index contributed by atoms with van der Waals surface area (Å²) in [5.74, 6) is 0.994. The van der Waals surface area contributed by atoms with E-state index in [-0.39, 0.29) is 12.5 Å². The van der Waals surface area contributed by atoms with E-state index < -0.39 is 6.10 Å². The van der Waals surface area contributed by atoms with Crippen LogP contribution in [0, 0.1) is 0 Å². The first-order valence-electron chi connectivity index (χ1n) is 7.45. The van der Waals surface area contributed by atoms with Crippen LogP contribution in [-0.4, -0.2) is 46.2 Å². The van der Waals surface area contributed by atoms with Crippen LogP contribution in [0.1, 0.15) is 13.8 Å². The van der Waals surface area contributed by atoms with E-state index in [0.717, 1.165) is 16.0 Å². The molecular formula is C15H20N4O3S2. The lowest BCUT2D eigenvalue weighted by Crippen LogP contribution is -2.20. The molecule has 9 heteroatoms. The Balaban J connectivity index is 1.72. The molecule has 0 fully saturated rings. The number of thioether (sulfide) groups is 1. The van der Waals surface area contributed by atoms with E-state index in [2.05, 4.69) is 20.8 Å². The van der Waals surface area contributed by atoms with Crippen molar-refractivity contribution in [2.24, 2.45) is 0 Å². The van der Waals surface area contributed by atoms with E-state index >= 15 is 0 Å². The highest BCUT2D eigenvalue weighted by atomic mass is 32.2. The summed E-state index contributed by atoms with van der Waals surface area (Å²) in [5, 5.41) is 24.6. The summed E-state index contributed by atoms with van der Waals surface area (Å²) in [7, 11) is 0. The first-order valence-corrected chi connectivity index (χ1v) is 9.25. The van der Waals surface area contributed by atoms with Crippen LogP contribution in [0.25, 0.3) is 0 Å². The average Bonchev–Trinajstić information content (AvgIpc) is 3.00. The van der Waals surface area contributed by atoms with Gasteiger partial charge in [-0.3, -0.25) is 4.79 Å². The van der Waals surface area contributed by atoms with Crippen molar-refractivity contribution in [3.8, 4) is 5.75 Å². The molecule has 3 N–H and O–H groups in total. The summed E-state index contributed by atoms with van der Waals surface area (Å²) in [4.78, 5) is 10.9. The van der Waals surface area contributed by atoms with Crippen molar-refractivity contribution in [2.75, 3.05) is 29.5 Å². The van der Waals surface area contributed by atoms with Crippen molar-refractivity contribution >= 4 is 39.8 Å². The van der Waals surface area contributed by atoms with Gasteiger partial charge >= 0.3 is 0 Å². The number of nitrogens with one attached hydrogen (secondary N) is 2. The first kappa shape index (κ1) is 18.5. The van der Waals surface area contributed by atoms with E-state index in [9.17, 15) is 9.90 Å². The van der Waals surface area contributed by atoms with Crippen LogP contribution in [0.4, 0.5) is 10.8 Å². The summed E-state index contributed by atoms with van der Waals surface area (Å²) in [6.45, 7) is 4.44. The third kappa shape index (κ3) is 6.34. The first-order chi connectivity index (χ1) is 11.6. The molecule has 0 aliphatic heterocycles. The Morgan fingerprint density at radius 3 is 2.79 bits per heavy atom. The Morgan fingerprint density at radius 2 is 2.12 bits per heavy atom. The SMILES string of the molecule is CCNc1nnc(SCC(O)COc2ccc(NC(C)=O)cc2)s1. The second-order valence-electron chi connectivity index (χ2n) is 4.88. The van der Waals surface area contributed by atoms with Gasteiger partial charge in [0, 0.05) is 24.9 Å². The number of hydrogen-bond donors (Lipinski definition) is 3. The molecule has 0 radical (unpaired) electrons. The lowest BCUT2D eigenvalue weighted by atomic mass is 10.3. The number of hydrogen-bond acceptors (Lipinski definition) is 8. The molecule has 1 amide bonds. The largest absolute Gasteiger partial charge is 0.491 e. The highest BCUT2D eigenvalue weighted by Crippen LogP contribution is 2.26. The standard InChI is InChI=1S/C15H20N4O3S2/c1-3-16-14-18-19-15(24-14)23-9-12(21)8-22-13-6-4-11(5-7-13)17-10(2)20/h4-7,12,21H,3,8-9H2,1-2H3,(H,16,18)(H,17,20). The van der Waals surface area contributed by atoms with Crippen LogP contribution in [0.2, 0.25) is 0 Å². The zero-order valence-electron chi connectivity index (χ0n) is 13.5. The number of anilines is 2. The van der Waals surface area contributed by atoms with Gasteiger partial charge in [0.05, 0.1) is 6.10 Å². The molecule has 0 saturated carbocycles. The number of ether oxygens (including phenoxy) is 1. The number of rotatable bonds is 9. The third-order valence-electron chi connectivity index (χ3n) is 2.75. The van der Waals surface area contributed by atoms with Crippen LogP contribution >= 0.6 is 23.1 Å². The molecule has 24 heavy (non-hydrogen) atoms. The number of carbonyl (C=O) groups excluding carboxylic acids is 1. The molecule has 2 aromatic rings. The molecule has 0 spiro atoms. The van der Waals surface area contributed by atoms with Crippen molar-refractivity contribution in [2.45, 2.75) is 24.3 Å². The average molecular weight is 368 g/mol. The van der Waals surface area contributed by atoms with E-state index in [1.54, 1.807) is 24.3 Å². The Kier molecular flexibility index (Phi) is 7.29. The van der Waals surface area contributed by atoms with Gasteiger partial charge in [0.25, 0.3) is 0 Å². The second kappa shape index (κ2) is 9.45. The number of aromatic nitrogens is 2. The van der Waals surface area contributed by atoms with Gasteiger partial charge in [-0.15, -0.1) is 10.2 Å². The minimum absolute atomic E-state index is 0.120. The molecule has 2 rings (SSSR count). The van der Waals surface area contributed by atoms with Crippen molar-refractivity contribution in [1.82, 2.24) is 10.2 Å². The molecule has 1 aromatic heterocycles. The lowest BCUT2D eigenvalue weighted by molar-refractivity contribution is -0.114. The van der Waals surface area contributed by atoms with Crippen LogP contribution in [0.15, 0.2) is 28.6 Å². The van der Waals surface area contributed by atoms with E-state index in [1.165, 1.54) is 30.0 Å². The van der Waals surface area contributed by atoms with E-state index in [0.29, 0.717) is 17.2 Å². The maximum absolute atomic E-state index is 10.9. The molecular weight excluding hydrogens is 348 g/mol. The zero-order chi connectivity index (χ0) is 17.4. The molecule has 0 aliphatic carbocycles. The summed E-state index contributed by atoms with van der Waals surface area (Å²) in [6.07, 6.45) is -0.614. The van der Waals surface area contributed by atoms with Gasteiger partial charge in [0.2, 0.25) is 11.0 Å². The summed E-state index contributed by atoms with van der Waals surface area (Å²) >= 11 is 2.91. The smallest absolute Gasteiger partial charge is 0.221 e. The number of aliphatic hydroxyl groups is 1. The van der Waals surface area contributed by atoms with Gasteiger partial charge in [-0.1, -0.05) is 23.1 Å². The number of nitrogens with zero attached hydrogens (tertiary/aromatic N) is 2. The van der Waals surface area contributed by atoms with Gasteiger partial charge in [0.1, 0.15) is 12.4 Å². The van der Waals surface area contributed by atoms with E-state index in [4.69, 9.17) is 4.74 Å². The lowest BCUT2D eigenvalue weighted by Gasteiger charge is -2.11. The molecule has 1 aromatic carbocycles. The quantitative estimate of drug-likeness (QED) is 0.585. The number of benzene rings is 1. The molecule has 130 valence electrons. The Bertz CT molecular complexity index is 648. The summed E-state index contributed by atoms with van der Waals surface area (Å²) in [5.41, 5.74) is 0.707. The molecule has 7 nitrogen and oxygen atoms in total. The highest BCUT2D eigenvalue weighted by molar-refractivity contribution is 8.01. The maximum atomic E-state index is 10.9. The molecule has 1 heterocycles. The van der Waals surface area contributed by atoms with Crippen LogP contribution in [0.3, 0.4) is 0 Å². The van der Waals surface area contributed by atoms with Crippen molar-refractivity contribution in [3.05, 3.63) is 24.3 Å². The Labute approximate surface area is 148 Å². The van der Waals surface area contributed by atoms with Crippen LogP contribution < -0.4 is 15.4 Å². The third-order valence-corrected chi connectivity index (χ3v) is 4.91. The fourth-order valence-corrected chi connectivity index (χ4v) is 3.49. The van der Waals surface area contributed by atoms with Crippen LogP contribution in [-0.2, 0) is 4.79 Å². The predicted octanol–water partition coefficient (Wildman–Crippen LogP) is 2.46. The highest BCUT2D eigenvalue weighted by Gasteiger charge is 2.10. The van der Waals surface area contributed by atoms with Gasteiger partial charge < -0.3 is 20.5 Å². The second-order valence-corrected chi connectivity index (χ2v) is 7.13.